The van der Waals surface area contributed by atoms with E-state index in [0.717, 1.165) is 30.6 Å². The van der Waals surface area contributed by atoms with E-state index in [2.05, 4.69) is 4.98 Å². The predicted molar refractivity (Wildman–Crippen MR) is 111 cm³/mol. The Bertz CT molecular complexity index is 1000. The van der Waals surface area contributed by atoms with E-state index in [9.17, 15) is 4.79 Å². The van der Waals surface area contributed by atoms with Crippen LogP contribution >= 0.6 is 11.6 Å². The zero-order chi connectivity index (χ0) is 20.2. The van der Waals surface area contributed by atoms with E-state index in [1.807, 2.05) is 41.3 Å². The van der Waals surface area contributed by atoms with Gasteiger partial charge in [0.15, 0.2) is 0 Å². The molecule has 1 aliphatic rings. The summed E-state index contributed by atoms with van der Waals surface area (Å²) in [6.07, 6.45) is 5.19. The Morgan fingerprint density at radius 1 is 1.24 bits per heavy atom. The first-order valence-electron chi connectivity index (χ1n) is 9.78. The van der Waals surface area contributed by atoms with Crippen LogP contribution in [-0.2, 0) is 6.42 Å². The minimum Gasteiger partial charge on any atom is -0.496 e. The monoisotopic (exact) mass is 410 g/mol. The normalized spacial score (nSPS) is 16.6. The van der Waals surface area contributed by atoms with Gasteiger partial charge in [0.05, 0.1) is 18.9 Å². The Kier molecular flexibility index (Phi) is 5.86. The highest BCUT2D eigenvalue weighted by Crippen LogP contribution is 2.33. The van der Waals surface area contributed by atoms with Gasteiger partial charge in [-0.1, -0.05) is 35.9 Å². The van der Waals surface area contributed by atoms with Crippen molar-refractivity contribution in [2.75, 3.05) is 13.7 Å². The van der Waals surface area contributed by atoms with Crippen molar-refractivity contribution in [3.63, 3.8) is 0 Å². The van der Waals surface area contributed by atoms with E-state index in [0.29, 0.717) is 35.2 Å². The standard InChI is InChI=1S/C23H23ClN2O3/c1-28-21-11-3-2-9-19(21)23(27)26-12-5-4-10-20(26)22-25-15-18(29-22)14-16-7-6-8-17(24)13-16/h2-3,6-9,11,13,15,20H,4-5,10,12,14H2,1H3. The van der Waals surface area contributed by atoms with Gasteiger partial charge in [-0.15, -0.1) is 0 Å². The van der Waals surface area contributed by atoms with Gasteiger partial charge in [-0.05, 0) is 49.1 Å². The fourth-order valence-electron chi connectivity index (χ4n) is 3.81. The predicted octanol–water partition coefficient (Wildman–Crippen LogP) is 5.29. The van der Waals surface area contributed by atoms with Crippen LogP contribution in [0, 0.1) is 0 Å². The number of hydrogen-bond donors (Lipinski definition) is 0. The lowest BCUT2D eigenvalue weighted by Crippen LogP contribution is -2.38. The number of carbonyl (C=O) groups is 1. The van der Waals surface area contributed by atoms with Gasteiger partial charge in [-0.25, -0.2) is 4.98 Å². The zero-order valence-corrected chi connectivity index (χ0v) is 17.1. The largest absolute Gasteiger partial charge is 0.496 e. The van der Waals surface area contributed by atoms with Crippen LogP contribution in [0.1, 0.15) is 52.9 Å². The Balaban J connectivity index is 1.56. The summed E-state index contributed by atoms with van der Waals surface area (Å²) in [5, 5.41) is 0.697. The molecule has 6 heteroatoms. The number of methoxy groups -OCH3 is 1. The second-order valence-electron chi connectivity index (χ2n) is 7.18. The smallest absolute Gasteiger partial charge is 0.258 e. The maximum Gasteiger partial charge on any atom is 0.258 e. The molecule has 1 saturated heterocycles. The number of aromatic nitrogens is 1. The van der Waals surface area contributed by atoms with Crippen molar-refractivity contribution in [3.05, 3.63) is 82.5 Å². The van der Waals surface area contributed by atoms with Crippen molar-refractivity contribution in [1.29, 1.82) is 0 Å². The highest BCUT2D eigenvalue weighted by Gasteiger charge is 2.33. The SMILES string of the molecule is COc1ccccc1C(=O)N1CCCCC1c1ncc(Cc2cccc(Cl)c2)o1. The minimum atomic E-state index is -0.172. The van der Waals surface area contributed by atoms with E-state index in [-0.39, 0.29) is 11.9 Å². The summed E-state index contributed by atoms with van der Waals surface area (Å²) in [7, 11) is 1.58. The van der Waals surface area contributed by atoms with Crippen LogP contribution in [0.2, 0.25) is 5.02 Å². The number of carbonyl (C=O) groups excluding carboxylic acids is 1. The zero-order valence-electron chi connectivity index (χ0n) is 16.3. The highest BCUT2D eigenvalue weighted by atomic mass is 35.5. The molecule has 1 amide bonds. The van der Waals surface area contributed by atoms with Gasteiger partial charge in [0.1, 0.15) is 17.6 Å². The van der Waals surface area contributed by atoms with Gasteiger partial charge in [0, 0.05) is 18.0 Å². The molecule has 0 saturated carbocycles. The molecule has 1 unspecified atom stereocenters. The lowest BCUT2D eigenvalue weighted by atomic mass is 10.0. The molecule has 1 atom stereocenters. The molecule has 0 N–H and O–H groups in total. The van der Waals surface area contributed by atoms with Gasteiger partial charge < -0.3 is 14.1 Å². The van der Waals surface area contributed by atoms with Gasteiger partial charge >= 0.3 is 0 Å². The molecule has 2 aromatic carbocycles. The van der Waals surface area contributed by atoms with Crippen LogP contribution in [0.15, 0.2) is 59.1 Å². The van der Waals surface area contributed by atoms with E-state index < -0.39 is 0 Å². The van der Waals surface area contributed by atoms with Gasteiger partial charge in [0.25, 0.3) is 5.91 Å². The van der Waals surface area contributed by atoms with E-state index in [1.165, 1.54) is 0 Å². The molecular weight excluding hydrogens is 388 g/mol. The Hall–Kier alpha value is -2.79. The molecule has 1 fully saturated rings. The number of likely N-dealkylation sites (tertiary alicyclic amines) is 1. The summed E-state index contributed by atoms with van der Waals surface area (Å²) in [5.74, 6) is 1.88. The second-order valence-corrected chi connectivity index (χ2v) is 7.62. The number of oxazole rings is 1. The molecular formula is C23H23ClN2O3. The third kappa shape index (κ3) is 4.30. The van der Waals surface area contributed by atoms with Crippen molar-refractivity contribution in [3.8, 4) is 5.75 Å². The second kappa shape index (κ2) is 8.70. The Morgan fingerprint density at radius 2 is 2.10 bits per heavy atom. The molecule has 3 aromatic rings. The summed E-state index contributed by atoms with van der Waals surface area (Å²) in [6.45, 7) is 0.674. The van der Waals surface area contributed by atoms with Crippen molar-refractivity contribution < 1.29 is 13.9 Å². The molecule has 0 bridgehead atoms. The quantitative estimate of drug-likeness (QED) is 0.573. The van der Waals surface area contributed by atoms with E-state index >= 15 is 0 Å². The number of ether oxygens (including phenoxy) is 1. The van der Waals surface area contributed by atoms with Crippen LogP contribution in [0.3, 0.4) is 0 Å². The Labute approximate surface area is 175 Å². The topological polar surface area (TPSA) is 55.6 Å². The third-order valence-corrected chi connectivity index (χ3v) is 5.46. The molecule has 5 nitrogen and oxygen atoms in total. The first-order chi connectivity index (χ1) is 14.2. The van der Waals surface area contributed by atoms with Crippen LogP contribution < -0.4 is 4.74 Å². The lowest BCUT2D eigenvalue weighted by Gasteiger charge is -2.34. The fraction of sp³-hybridized carbons (Fsp3) is 0.304. The first kappa shape index (κ1) is 19.5. The number of amides is 1. The molecule has 1 aliphatic heterocycles. The number of benzene rings is 2. The van der Waals surface area contributed by atoms with E-state index in [4.69, 9.17) is 20.8 Å². The summed E-state index contributed by atoms with van der Waals surface area (Å²) in [4.78, 5) is 19.6. The van der Waals surface area contributed by atoms with Gasteiger partial charge in [-0.3, -0.25) is 4.79 Å². The molecule has 4 rings (SSSR count). The first-order valence-corrected chi connectivity index (χ1v) is 10.2. The van der Waals surface area contributed by atoms with E-state index in [1.54, 1.807) is 25.4 Å². The third-order valence-electron chi connectivity index (χ3n) is 5.22. The van der Waals surface area contributed by atoms with Crippen LogP contribution in [0.4, 0.5) is 0 Å². The molecule has 1 aromatic heterocycles. The average Bonchev–Trinajstić information content (AvgIpc) is 3.21. The van der Waals surface area contributed by atoms with Crippen LogP contribution in [0.5, 0.6) is 5.75 Å². The number of rotatable bonds is 5. The molecule has 0 aliphatic carbocycles. The van der Waals surface area contributed by atoms with Gasteiger partial charge in [0.2, 0.25) is 5.89 Å². The van der Waals surface area contributed by atoms with Gasteiger partial charge in [-0.2, -0.15) is 0 Å². The molecule has 2 heterocycles. The summed E-state index contributed by atoms with van der Waals surface area (Å²) in [6, 6.07) is 14.8. The average molecular weight is 411 g/mol. The van der Waals surface area contributed by atoms with Crippen molar-refractivity contribution >= 4 is 17.5 Å². The number of piperidine rings is 1. The summed E-state index contributed by atoms with van der Waals surface area (Å²) < 4.78 is 11.4. The van der Waals surface area contributed by atoms with Crippen molar-refractivity contribution in [2.45, 2.75) is 31.7 Å². The van der Waals surface area contributed by atoms with Crippen molar-refractivity contribution in [1.82, 2.24) is 9.88 Å². The summed E-state index contributed by atoms with van der Waals surface area (Å²) >= 11 is 6.07. The molecule has 29 heavy (non-hydrogen) atoms. The van der Waals surface area contributed by atoms with Crippen LogP contribution in [0.25, 0.3) is 0 Å². The fourth-order valence-corrected chi connectivity index (χ4v) is 4.03. The highest BCUT2D eigenvalue weighted by molar-refractivity contribution is 6.30. The van der Waals surface area contributed by atoms with Crippen LogP contribution in [-0.4, -0.2) is 29.4 Å². The maximum atomic E-state index is 13.3. The summed E-state index contributed by atoms with van der Waals surface area (Å²) in [5.41, 5.74) is 1.62. The number of para-hydroxylation sites is 1. The number of nitrogens with zero attached hydrogens (tertiary/aromatic N) is 2. The number of halogens is 1. The number of hydrogen-bond acceptors (Lipinski definition) is 4. The Morgan fingerprint density at radius 3 is 2.93 bits per heavy atom. The lowest BCUT2D eigenvalue weighted by molar-refractivity contribution is 0.0566. The van der Waals surface area contributed by atoms with Crippen molar-refractivity contribution in [2.24, 2.45) is 0 Å². The molecule has 0 radical (unpaired) electrons. The maximum absolute atomic E-state index is 13.3. The molecule has 150 valence electrons. The minimum absolute atomic E-state index is 0.0539. The molecule has 0 spiro atoms.